The van der Waals surface area contributed by atoms with E-state index in [0.717, 1.165) is 22.3 Å². The minimum atomic E-state index is -0.965. The molecule has 2 N–H and O–H groups in total. The number of carbonyl (C=O) groups excluding carboxylic acids is 1. The molecule has 0 fully saturated rings. The standard InChI is InChI=1S/C14H19NO3S/c1-4-14(2,3)13(18)15-9-11-6-5-10(19-11)7-8-12(16)17/h5-8H,4,9H2,1-3H3,(H,15,18)(H,16,17). The monoisotopic (exact) mass is 281 g/mol. The first kappa shape index (κ1) is 15.4. The molecule has 1 aromatic heterocycles. The van der Waals surface area contributed by atoms with Crippen molar-refractivity contribution in [3.05, 3.63) is 28.0 Å². The number of thiophene rings is 1. The highest BCUT2D eigenvalue weighted by atomic mass is 32.1. The Labute approximate surface area is 117 Å². The molecule has 0 aliphatic heterocycles. The average Bonchev–Trinajstić information content (AvgIpc) is 2.81. The Hall–Kier alpha value is -1.62. The van der Waals surface area contributed by atoms with Crippen molar-refractivity contribution in [2.24, 2.45) is 5.41 Å². The summed E-state index contributed by atoms with van der Waals surface area (Å²) < 4.78 is 0. The Balaban J connectivity index is 2.56. The van der Waals surface area contributed by atoms with Gasteiger partial charge in [0.05, 0.1) is 6.54 Å². The lowest BCUT2D eigenvalue weighted by Gasteiger charge is -2.21. The number of rotatable bonds is 6. The van der Waals surface area contributed by atoms with Gasteiger partial charge in [0.15, 0.2) is 0 Å². The summed E-state index contributed by atoms with van der Waals surface area (Å²) in [6.07, 6.45) is 3.44. The Morgan fingerprint density at radius 2 is 2.11 bits per heavy atom. The fraction of sp³-hybridized carbons (Fsp3) is 0.429. The molecule has 0 radical (unpaired) electrons. The van der Waals surface area contributed by atoms with Crippen molar-refractivity contribution in [1.29, 1.82) is 0 Å². The zero-order valence-corrected chi connectivity index (χ0v) is 12.2. The first-order valence-electron chi connectivity index (χ1n) is 6.13. The van der Waals surface area contributed by atoms with Crippen LogP contribution in [0.5, 0.6) is 0 Å². The Morgan fingerprint density at radius 1 is 1.42 bits per heavy atom. The van der Waals surface area contributed by atoms with Crippen LogP contribution in [0, 0.1) is 5.41 Å². The van der Waals surface area contributed by atoms with E-state index in [1.165, 1.54) is 11.3 Å². The summed E-state index contributed by atoms with van der Waals surface area (Å²) >= 11 is 1.47. The molecule has 0 spiro atoms. The average molecular weight is 281 g/mol. The minimum Gasteiger partial charge on any atom is -0.478 e. The van der Waals surface area contributed by atoms with Crippen LogP contribution < -0.4 is 5.32 Å². The predicted octanol–water partition coefficient (Wildman–Crippen LogP) is 2.90. The van der Waals surface area contributed by atoms with Crippen LogP contribution in [0.15, 0.2) is 18.2 Å². The Kier molecular flexibility index (Phi) is 5.30. The van der Waals surface area contributed by atoms with E-state index in [2.05, 4.69) is 5.32 Å². The van der Waals surface area contributed by atoms with E-state index in [0.29, 0.717) is 6.54 Å². The largest absolute Gasteiger partial charge is 0.478 e. The molecule has 19 heavy (non-hydrogen) atoms. The predicted molar refractivity (Wildman–Crippen MR) is 76.9 cm³/mol. The van der Waals surface area contributed by atoms with E-state index in [9.17, 15) is 9.59 Å². The minimum absolute atomic E-state index is 0.0334. The molecule has 0 aliphatic rings. The van der Waals surface area contributed by atoms with Crippen LogP contribution in [0.25, 0.3) is 6.08 Å². The van der Waals surface area contributed by atoms with Crippen LogP contribution in [0.4, 0.5) is 0 Å². The molecule has 0 aliphatic carbocycles. The molecular weight excluding hydrogens is 262 g/mol. The number of carbonyl (C=O) groups is 2. The van der Waals surface area contributed by atoms with Gasteiger partial charge in [-0.25, -0.2) is 4.79 Å². The second kappa shape index (κ2) is 6.52. The second-order valence-electron chi connectivity index (χ2n) is 4.90. The van der Waals surface area contributed by atoms with Crippen LogP contribution >= 0.6 is 11.3 Å². The summed E-state index contributed by atoms with van der Waals surface area (Å²) in [5, 5.41) is 11.4. The van der Waals surface area contributed by atoms with Gasteiger partial charge in [-0.1, -0.05) is 20.8 Å². The molecule has 0 aromatic carbocycles. The highest BCUT2D eigenvalue weighted by Gasteiger charge is 2.24. The third-order valence-corrected chi connectivity index (χ3v) is 4.04. The number of carboxylic acid groups (broad SMARTS) is 1. The van der Waals surface area contributed by atoms with Crippen LogP contribution in [-0.4, -0.2) is 17.0 Å². The molecule has 1 aromatic rings. The van der Waals surface area contributed by atoms with E-state index >= 15 is 0 Å². The van der Waals surface area contributed by atoms with Gasteiger partial charge in [-0.05, 0) is 24.6 Å². The lowest BCUT2D eigenvalue weighted by molar-refractivity contribution is -0.131. The molecule has 1 amide bonds. The zero-order valence-electron chi connectivity index (χ0n) is 11.4. The van der Waals surface area contributed by atoms with E-state index in [-0.39, 0.29) is 11.3 Å². The lowest BCUT2D eigenvalue weighted by Crippen LogP contribution is -2.35. The highest BCUT2D eigenvalue weighted by molar-refractivity contribution is 7.12. The molecule has 0 saturated carbocycles. The van der Waals surface area contributed by atoms with Crippen molar-refractivity contribution in [2.45, 2.75) is 33.7 Å². The lowest BCUT2D eigenvalue weighted by atomic mass is 9.89. The van der Waals surface area contributed by atoms with E-state index < -0.39 is 5.97 Å². The maximum Gasteiger partial charge on any atom is 0.328 e. The van der Waals surface area contributed by atoms with Gasteiger partial charge in [-0.15, -0.1) is 11.3 Å². The number of hydrogen-bond donors (Lipinski definition) is 2. The molecule has 1 rings (SSSR count). The first-order valence-corrected chi connectivity index (χ1v) is 6.95. The second-order valence-corrected chi connectivity index (χ2v) is 6.10. The van der Waals surface area contributed by atoms with Crippen molar-refractivity contribution in [1.82, 2.24) is 5.32 Å². The van der Waals surface area contributed by atoms with Gasteiger partial charge in [0, 0.05) is 21.2 Å². The van der Waals surface area contributed by atoms with Crippen molar-refractivity contribution in [3.8, 4) is 0 Å². The van der Waals surface area contributed by atoms with Crippen molar-refractivity contribution in [3.63, 3.8) is 0 Å². The highest BCUT2D eigenvalue weighted by Crippen LogP contribution is 2.21. The number of aliphatic carboxylic acids is 1. The van der Waals surface area contributed by atoms with Gasteiger partial charge in [0.1, 0.15) is 0 Å². The van der Waals surface area contributed by atoms with Gasteiger partial charge >= 0.3 is 5.97 Å². The van der Waals surface area contributed by atoms with E-state index in [1.54, 1.807) is 6.08 Å². The smallest absolute Gasteiger partial charge is 0.328 e. The molecule has 0 unspecified atom stereocenters. The first-order chi connectivity index (χ1) is 8.85. The maximum atomic E-state index is 11.9. The quantitative estimate of drug-likeness (QED) is 0.788. The molecular formula is C14H19NO3S. The molecule has 4 nitrogen and oxygen atoms in total. The van der Waals surface area contributed by atoms with Crippen molar-refractivity contribution < 1.29 is 14.7 Å². The normalized spacial score (nSPS) is 11.7. The molecule has 1 heterocycles. The van der Waals surface area contributed by atoms with Gasteiger partial charge in [-0.3, -0.25) is 4.79 Å². The zero-order chi connectivity index (χ0) is 14.5. The van der Waals surface area contributed by atoms with Gasteiger partial charge in [0.2, 0.25) is 5.91 Å². The Bertz CT molecular complexity index is 489. The summed E-state index contributed by atoms with van der Waals surface area (Å²) in [6, 6.07) is 3.74. The van der Waals surface area contributed by atoms with Crippen molar-refractivity contribution >= 4 is 29.3 Å². The van der Waals surface area contributed by atoms with Gasteiger partial charge in [-0.2, -0.15) is 0 Å². The topological polar surface area (TPSA) is 66.4 Å². The van der Waals surface area contributed by atoms with E-state index in [4.69, 9.17) is 5.11 Å². The number of carboxylic acids is 1. The van der Waals surface area contributed by atoms with Crippen LogP contribution in [-0.2, 0) is 16.1 Å². The summed E-state index contributed by atoms with van der Waals surface area (Å²) in [5.41, 5.74) is -0.358. The van der Waals surface area contributed by atoms with Crippen LogP contribution in [0.3, 0.4) is 0 Å². The van der Waals surface area contributed by atoms with Gasteiger partial charge < -0.3 is 10.4 Å². The molecule has 104 valence electrons. The Morgan fingerprint density at radius 3 is 2.68 bits per heavy atom. The maximum absolute atomic E-state index is 11.9. The molecule has 0 bridgehead atoms. The number of nitrogens with one attached hydrogen (secondary N) is 1. The molecule has 0 atom stereocenters. The fourth-order valence-corrected chi connectivity index (χ4v) is 2.16. The van der Waals surface area contributed by atoms with E-state index in [1.807, 2.05) is 32.9 Å². The fourth-order valence-electron chi connectivity index (χ4n) is 1.30. The SMILES string of the molecule is CCC(C)(C)C(=O)NCc1ccc(C=CC(=O)O)s1. The van der Waals surface area contributed by atoms with Crippen molar-refractivity contribution in [2.75, 3.05) is 0 Å². The van der Waals surface area contributed by atoms with Crippen LogP contribution in [0.1, 0.15) is 36.9 Å². The summed E-state index contributed by atoms with van der Waals surface area (Å²) in [6.45, 7) is 6.29. The van der Waals surface area contributed by atoms with Crippen LogP contribution in [0.2, 0.25) is 0 Å². The molecule has 0 saturated heterocycles. The third kappa shape index (κ3) is 4.87. The number of hydrogen-bond acceptors (Lipinski definition) is 3. The summed E-state index contributed by atoms with van der Waals surface area (Å²) in [7, 11) is 0. The molecule has 5 heteroatoms. The van der Waals surface area contributed by atoms with Gasteiger partial charge in [0.25, 0.3) is 0 Å². The summed E-state index contributed by atoms with van der Waals surface area (Å²) in [5.74, 6) is -0.932. The summed E-state index contributed by atoms with van der Waals surface area (Å²) in [4.78, 5) is 24.2. The number of amides is 1. The third-order valence-electron chi connectivity index (χ3n) is 2.99.